The fourth-order valence-electron chi connectivity index (χ4n) is 4.06. The maximum atomic E-state index is 13.2. The summed E-state index contributed by atoms with van der Waals surface area (Å²) in [7, 11) is -3.69. The Morgan fingerprint density at radius 3 is 2.48 bits per heavy atom. The number of rotatable bonds is 9. The summed E-state index contributed by atoms with van der Waals surface area (Å²) in [5, 5.41) is 2.91. The lowest BCUT2D eigenvalue weighted by atomic mass is 9.95. The van der Waals surface area contributed by atoms with Crippen molar-refractivity contribution in [3.63, 3.8) is 0 Å². The Kier molecular flexibility index (Phi) is 8.47. The third-order valence-electron chi connectivity index (χ3n) is 5.71. The van der Waals surface area contributed by atoms with Crippen LogP contribution in [0.3, 0.4) is 0 Å². The van der Waals surface area contributed by atoms with Crippen LogP contribution in [0.5, 0.6) is 0 Å². The summed E-state index contributed by atoms with van der Waals surface area (Å²) >= 11 is 0. The van der Waals surface area contributed by atoms with Crippen LogP contribution in [0.15, 0.2) is 35.2 Å². The van der Waals surface area contributed by atoms with Crippen LogP contribution < -0.4 is 5.32 Å². The molecule has 0 radical (unpaired) electrons. The Labute approximate surface area is 174 Å². The van der Waals surface area contributed by atoms with Crippen molar-refractivity contribution in [2.45, 2.75) is 49.5 Å². The van der Waals surface area contributed by atoms with Crippen molar-refractivity contribution < 1.29 is 17.9 Å². The molecule has 1 heterocycles. The normalized spacial score (nSPS) is 19.3. The van der Waals surface area contributed by atoms with Gasteiger partial charge >= 0.3 is 0 Å². The summed E-state index contributed by atoms with van der Waals surface area (Å²) in [5.74, 6) is -0.225. The number of hydrogen-bond donors (Lipinski definition) is 1. The summed E-state index contributed by atoms with van der Waals surface area (Å²) in [4.78, 5) is 15.2. The van der Waals surface area contributed by atoms with Gasteiger partial charge in [-0.05, 0) is 37.9 Å². The third-order valence-corrected chi connectivity index (χ3v) is 7.62. The van der Waals surface area contributed by atoms with Gasteiger partial charge in [0.15, 0.2) is 0 Å². The van der Waals surface area contributed by atoms with Crippen molar-refractivity contribution >= 4 is 15.9 Å². The number of nitrogens with zero attached hydrogens (tertiary/aromatic N) is 2. The molecule has 2 aliphatic rings. The van der Waals surface area contributed by atoms with Crippen LogP contribution >= 0.6 is 0 Å². The standard InChI is InChI=1S/C21H33N3O4S/c25-21(22-12-7-13-23-14-16-28-17-15-23)18-24(19-8-3-1-4-9-19)29(26,27)20-10-5-2-6-11-20/h2,5-6,10-11,19H,1,3-4,7-9,12-18H2,(H,22,25). The van der Waals surface area contributed by atoms with Crippen molar-refractivity contribution in [3.8, 4) is 0 Å². The van der Waals surface area contributed by atoms with Crippen LogP contribution in [-0.2, 0) is 19.6 Å². The van der Waals surface area contributed by atoms with Crippen LogP contribution in [0.2, 0.25) is 0 Å². The maximum absolute atomic E-state index is 13.2. The highest BCUT2D eigenvalue weighted by Gasteiger charge is 2.33. The molecule has 29 heavy (non-hydrogen) atoms. The highest BCUT2D eigenvalue weighted by molar-refractivity contribution is 7.89. The van der Waals surface area contributed by atoms with Crippen molar-refractivity contribution in [3.05, 3.63) is 30.3 Å². The Morgan fingerprint density at radius 2 is 1.79 bits per heavy atom. The topological polar surface area (TPSA) is 79.0 Å². The van der Waals surface area contributed by atoms with Crippen molar-refractivity contribution in [2.75, 3.05) is 45.9 Å². The van der Waals surface area contributed by atoms with E-state index in [0.717, 1.165) is 71.4 Å². The van der Waals surface area contributed by atoms with E-state index in [1.54, 1.807) is 30.3 Å². The molecular formula is C21H33N3O4S. The quantitative estimate of drug-likeness (QED) is 0.613. The van der Waals surface area contributed by atoms with E-state index < -0.39 is 10.0 Å². The highest BCUT2D eigenvalue weighted by atomic mass is 32.2. The van der Waals surface area contributed by atoms with E-state index in [-0.39, 0.29) is 23.4 Å². The number of sulfonamides is 1. The minimum atomic E-state index is -3.69. The summed E-state index contributed by atoms with van der Waals surface area (Å²) in [6.45, 7) is 4.75. The van der Waals surface area contributed by atoms with Gasteiger partial charge in [-0.25, -0.2) is 8.42 Å². The molecule has 0 spiro atoms. The molecule has 1 saturated heterocycles. The lowest BCUT2D eigenvalue weighted by molar-refractivity contribution is -0.121. The van der Waals surface area contributed by atoms with E-state index in [0.29, 0.717) is 6.54 Å². The van der Waals surface area contributed by atoms with Gasteiger partial charge in [0.2, 0.25) is 15.9 Å². The highest BCUT2D eigenvalue weighted by Crippen LogP contribution is 2.27. The molecule has 1 amide bonds. The van der Waals surface area contributed by atoms with E-state index >= 15 is 0 Å². The number of amides is 1. The summed E-state index contributed by atoms with van der Waals surface area (Å²) < 4.78 is 33.2. The van der Waals surface area contributed by atoms with Gasteiger partial charge in [0.05, 0.1) is 24.7 Å². The molecule has 8 heteroatoms. The number of hydrogen-bond acceptors (Lipinski definition) is 5. The van der Waals surface area contributed by atoms with Gasteiger partial charge in [-0.2, -0.15) is 4.31 Å². The van der Waals surface area contributed by atoms with Crippen LogP contribution in [-0.4, -0.2) is 75.5 Å². The predicted molar refractivity (Wildman–Crippen MR) is 112 cm³/mol. The minimum Gasteiger partial charge on any atom is -0.379 e. The van der Waals surface area contributed by atoms with E-state index in [4.69, 9.17) is 4.74 Å². The van der Waals surface area contributed by atoms with Gasteiger partial charge < -0.3 is 10.1 Å². The van der Waals surface area contributed by atoms with E-state index in [2.05, 4.69) is 10.2 Å². The Morgan fingerprint density at radius 1 is 1.10 bits per heavy atom. The molecule has 1 aromatic rings. The predicted octanol–water partition coefficient (Wildman–Crippen LogP) is 1.85. The first kappa shape index (κ1) is 22.2. The fourth-order valence-corrected chi connectivity index (χ4v) is 5.72. The number of nitrogens with one attached hydrogen (secondary N) is 1. The minimum absolute atomic E-state index is 0.104. The number of benzene rings is 1. The summed E-state index contributed by atoms with van der Waals surface area (Å²) in [6.07, 6.45) is 5.62. The van der Waals surface area contributed by atoms with Gasteiger partial charge in [0, 0.05) is 25.7 Å². The zero-order valence-electron chi connectivity index (χ0n) is 17.1. The lowest BCUT2D eigenvalue weighted by Gasteiger charge is -2.33. The van der Waals surface area contributed by atoms with Gasteiger partial charge in [-0.1, -0.05) is 37.5 Å². The molecule has 0 atom stereocenters. The second kappa shape index (κ2) is 11.1. The van der Waals surface area contributed by atoms with E-state index in [1.807, 2.05) is 0 Å². The Hall–Kier alpha value is -1.48. The molecule has 3 rings (SSSR count). The van der Waals surface area contributed by atoms with Crippen LogP contribution in [0.25, 0.3) is 0 Å². The Bertz CT molecular complexity index is 730. The number of morpholine rings is 1. The van der Waals surface area contributed by atoms with Gasteiger partial charge in [0.25, 0.3) is 0 Å². The maximum Gasteiger partial charge on any atom is 0.243 e. The Balaban J connectivity index is 1.57. The molecule has 0 aromatic heterocycles. The first-order valence-corrected chi connectivity index (χ1v) is 12.1. The van der Waals surface area contributed by atoms with Crippen molar-refractivity contribution in [2.24, 2.45) is 0 Å². The zero-order chi connectivity index (χ0) is 20.5. The smallest absolute Gasteiger partial charge is 0.243 e. The lowest BCUT2D eigenvalue weighted by Crippen LogP contribution is -2.47. The largest absolute Gasteiger partial charge is 0.379 e. The summed E-state index contributed by atoms with van der Waals surface area (Å²) in [5.41, 5.74) is 0. The molecule has 1 aromatic carbocycles. The number of ether oxygens (including phenoxy) is 1. The first-order valence-electron chi connectivity index (χ1n) is 10.7. The van der Waals surface area contributed by atoms with E-state index in [9.17, 15) is 13.2 Å². The van der Waals surface area contributed by atoms with Crippen LogP contribution in [0.4, 0.5) is 0 Å². The average Bonchev–Trinajstić information content (AvgIpc) is 2.77. The molecule has 1 aliphatic heterocycles. The number of carbonyl (C=O) groups excluding carboxylic acids is 1. The summed E-state index contributed by atoms with van der Waals surface area (Å²) in [6, 6.07) is 8.34. The van der Waals surface area contributed by atoms with Gasteiger partial charge in [-0.15, -0.1) is 0 Å². The third kappa shape index (κ3) is 6.50. The molecule has 1 N–H and O–H groups in total. The molecule has 1 saturated carbocycles. The van der Waals surface area contributed by atoms with Crippen LogP contribution in [0, 0.1) is 0 Å². The van der Waals surface area contributed by atoms with Crippen molar-refractivity contribution in [1.29, 1.82) is 0 Å². The van der Waals surface area contributed by atoms with Crippen molar-refractivity contribution in [1.82, 2.24) is 14.5 Å². The SMILES string of the molecule is O=C(CN(C1CCCCC1)S(=O)(=O)c1ccccc1)NCCCN1CCOCC1. The second-order valence-electron chi connectivity index (χ2n) is 7.81. The van der Waals surface area contributed by atoms with E-state index in [1.165, 1.54) is 4.31 Å². The molecule has 1 aliphatic carbocycles. The zero-order valence-corrected chi connectivity index (χ0v) is 17.9. The van der Waals surface area contributed by atoms with Crippen LogP contribution in [0.1, 0.15) is 38.5 Å². The molecule has 0 bridgehead atoms. The molecule has 162 valence electrons. The molecule has 0 unspecified atom stereocenters. The monoisotopic (exact) mass is 423 g/mol. The fraction of sp³-hybridized carbons (Fsp3) is 0.667. The van der Waals surface area contributed by atoms with Gasteiger partial charge in [0.1, 0.15) is 0 Å². The molecule has 2 fully saturated rings. The van der Waals surface area contributed by atoms with Gasteiger partial charge in [-0.3, -0.25) is 9.69 Å². The number of carbonyl (C=O) groups is 1. The second-order valence-corrected chi connectivity index (χ2v) is 9.70. The first-order chi connectivity index (χ1) is 14.1. The molecule has 7 nitrogen and oxygen atoms in total. The molecular weight excluding hydrogens is 390 g/mol. The average molecular weight is 424 g/mol.